The van der Waals surface area contributed by atoms with Crippen LogP contribution in [0.25, 0.3) is 0 Å². The molecule has 2 aromatic heterocycles. The maximum Gasteiger partial charge on any atom is 0.341 e. The molecule has 2 aromatic rings. The lowest BCUT2D eigenvalue weighted by Crippen LogP contribution is -2.21. The smallest absolute Gasteiger partial charge is 0.324 e. The lowest BCUT2D eigenvalue weighted by Gasteiger charge is -2.28. The van der Waals surface area contributed by atoms with Gasteiger partial charge in [-0.15, -0.1) is 22.7 Å². The monoisotopic (exact) mass is 274 g/mol. The van der Waals surface area contributed by atoms with E-state index in [0.717, 1.165) is 0 Å². The highest BCUT2D eigenvalue weighted by Crippen LogP contribution is 2.62. The predicted molar refractivity (Wildman–Crippen MR) is 67.1 cm³/mol. The summed E-state index contributed by atoms with van der Waals surface area (Å²) in [4.78, 5) is 20.6. The van der Waals surface area contributed by atoms with Crippen LogP contribution in [0.15, 0.2) is 35.0 Å². The normalized spacial score (nSPS) is 12.9. The van der Waals surface area contributed by atoms with Gasteiger partial charge < -0.3 is 9.79 Å². The fourth-order valence-electron chi connectivity index (χ4n) is 1.52. The summed E-state index contributed by atoms with van der Waals surface area (Å²) < 4.78 is 11.8. The van der Waals surface area contributed by atoms with Crippen molar-refractivity contribution in [1.29, 1.82) is 0 Å². The first-order valence-corrected chi connectivity index (χ1v) is 7.97. The van der Waals surface area contributed by atoms with Gasteiger partial charge >= 0.3 is 7.60 Å². The van der Waals surface area contributed by atoms with Crippen LogP contribution in [0.3, 0.4) is 0 Å². The number of rotatable bonds is 3. The minimum Gasteiger partial charge on any atom is -0.324 e. The lowest BCUT2D eigenvalue weighted by molar-refractivity contribution is 0.346. The molecule has 0 aromatic carbocycles. The van der Waals surface area contributed by atoms with Gasteiger partial charge in [-0.1, -0.05) is 12.1 Å². The highest BCUT2D eigenvalue weighted by molar-refractivity contribution is 7.54. The number of hydrogen-bond acceptors (Lipinski definition) is 3. The van der Waals surface area contributed by atoms with Gasteiger partial charge in [0.05, 0.1) is 0 Å². The Bertz CT molecular complexity index is 464. The van der Waals surface area contributed by atoms with Crippen LogP contribution in [0.4, 0.5) is 0 Å². The molecule has 0 atom stereocenters. The topological polar surface area (TPSA) is 57.5 Å². The van der Waals surface area contributed by atoms with Crippen LogP contribution in [0.5, 0.6) is 0 Å². The Morgan fingerprint density at radius 2 is 1.56 bits per heavy atom. The minimum atomic E-state index is -4.24. The van der Waals surface area contributed by atoms with Gasteiger partial charge in [-0.25, -0.2) is 0 Å². The van der Waals surface area contributed by atoms with E-state index in [9.17, 15) is 14.4 Å². The first-order chi connectivity index (χ1) is 7.46. The van der Waals surface area contributed by atoms with Gasteiger partial charge in [0.1, 0.15) is 5.16 Å². The average molecular weight is 274 g/mol. The van der Waals surface area contributed by atoms with Gasteiger partial charge in [-0.2, -0.15) is 0 Å². The fraction of sp³-hybridized carbons (Fsp3) is 0.200. The predicted octanol–water partition coefficient (Wildman–Crippen LogP) is 3.25. The molecule has 0 aliphatic carbocycles. The fourth-order valence-corrected chi connectivity index (χ4v) is 4.94. The molecule has 16 heavy (non-hydrogen) atoms. The second-order valence-corrected chi connectivity index (χ2v) is 7.45. The molecule has 0 aliphatic heterocycles. The summed E-state index contributed by atoms with van der Waals surface area (Å²) in [5.41, 5.74) is 0. The maximum atomic E-state index is 11.8. The summed E-state index contributed by atoms with van der Waals surface area (Å²) in [6, 6.07) is 7.15. The molecule has 0 radical (unpaired) electrons. The van der Waals surface area contributed by atoms with Crippen molar-refractivity contribution in [1.82, 2.24) is 0 Å². The molecule has 0 amide bonds. The van der Waals surface area contributed by atoms with E-state index in [1.807, 2.05) is 22.9 Å². The Morgan fingerprint density at radius 1 is 1.12 bits per heavy atom. The average Bonchev–Trinajstić information content (AvgIpc) is 2.88. The molecule has 0 saturated carbocycles. The molecular weight excluding hydrogens is 263 g/mol. The summed E-state index contributed by atoms with van der Waals surface area (Å²) in [6.45, 7) is 1.60. The van der Waals surface area contributed by atoms with Crippen LogP contribution in [-0.2, 0) is 9.72 Å². The maximum absolute atomic E-state index is 11.8. The third-order valence-corrected chi connectivity index (χ3v) is 6.72. The molecule has 0 bridgehead atoms. The van der Waals surface area contributed by atoms with Gasteiger partial charge in [0, 0.05) is 9.75 Å². The summed E-state index contributed by atoms with van der Waals surface area (Å²) in [5, 5.41) is 2.45. The Kier molecular flexibility index (Phi) is 3.07. The van der Waals surface area contributed by atoms with Crippen LogP contribution in [0, 0.1) is 0 Å². The molecule has 2 N–H and O–H groups in total. The molecule has 0 aliphatic rings. The van der Waals surface area contributed by atoms with Crippen molar-refractivity contribution in [2.75, 3.05) is 0 Å². The Labute approximate surface area is 102 Å². The molecule has 0 fully saturated rings. The SMILES string of the molecule is CC(c1cccs1)(c1cccs1)P(=O)(O)O. The zero-order chi connectivity index (χ0) is 11.8. The van der Waals surface area contributed by atoms with E-state index in [0.29, 0.717) is 9.75 Å². The van der Waals surface area contributed by atoms with E-state index in [4.69, 9.17) is 0 Å². The van der Waals surface area contributed by atoms with Gasteiger partial charge in [0.25, 0.3) is 0 Å². The molecule has 6 heteroatoms. The van der Waals surface area contributed by atoms with Crippen LogP contribution in [-0.4, -0.2) is 9.79 Å². The van der Waals surface area contributed by atoms with Gasteiger partial charge in [0.15, 0.2) is 0 Å². The molecule has 86 valence electrons. The third kappa shape index (κ3) is 1.79. The third-order valence-electron chi connectivity index (χ3n) is 2.58. The van der Waals surface area contributed by atoms with E-state index < -0.39 is 12.8 Å². The van der Waals surface area contributed by atoms with Gasteiger partial charge in [-0.3, -0.25) is 4.57 Å². The van der Waals surface area contributed by atoms with Crippen molar-refractivity contribution in [3.05, 3.63) is 44.8 Å². The Morgan fingerprint density at radius 3 is 1.81 bits per heavy atom. The van der Waals surface area contributed by atoms with Crippen LogP contribution in [0.2, 0.25) is 0 Å². The number of thiophene rings is 2. The van der Waals surface area contributed by atoms with Crippen LogP contribution in [0.1, 0.15) is 16.7 Å². The summed E-state index contributed by atoms with van der Waals surface area (Å²) in [7, 11) is -4.24. The van der Waals surface area contributed by atoms with E-state index in [1.165, 1.54) is 22.7 Å². The van der Waals surface area contributed by atoms with E-state index >= 15 is 0 Å². The molecule has 2 heterocycles. The summed E-state index contributed by atoms with van der Waals surface area (Å²) in [6.07, 6.45) is 0. The van der Waals surface area contributed by atoms with Crippen molar-refractivity contribution in [2.45, 2.75) is 12.1 Å². The molecule has 0 spiro atoms. The zero-order valence-corrected chi connectivity index (χ0v) is 11.1. The van der Waals surface area contributed by atoms with E-state index in [-0.39, 0.29) is 0 Å². The van der Waals surface area contributed by atoms with Crippen molar-refractivity contribution < 1.29 is 14.4 Å². The molecule has 0 unspecified atom stereocenters. The van der Waals surface area contributed by atoms with Crippen molar-refractivity contribution in [3.63, 3.8) is 0 Å². The Hall–Kier alpha value is -0.450. The number of hydrogen-bond donors (Lipinski definition) is 2. The van der Waals surface area contributed by atoms with Crippen molar-refractivity contribution in [3.8, 4) is 0 Å². The van der Waals surface area contributed by atoms with Crippen LogP contribution < -0.4 is 0 Å². The lowest BCUT2D eigenvalue weighted by atomic mass is 10.1. The second-order valence-electron chi connectivity index (χ2n) is 3.57. The second kappa shape index (κ2) is 4.09. The highest BCUT2D eigenvalue weighted by Gasteiger charge is 2.47. The molecular formula is C10H11O3PS2. The van der Waals surface area contributed by atoms with Gasteiger partial charge in [0.2, 0.25) is 0 Å². The zero-order valence-electron chi connectivity index (χ0n) is 8.53. The Balaban J connectivity index is 2.64. The van der Waals surface area contributed by atoms with Crippen molar-refractivity contribution in [2.24, 2.45) is 0 Å². The molecule has 2 rings (SSSR count). The quantitative estimate of drug-likeness (QED) is 0.845. The standard InChI is InChI=1S/C10H11O3PS2/c1-10(14(11,12)13,8-4-2-6-15-8)9-5-3-7-16-9/h2-7H,1H3,(H2,11,12,13). The van der Waals surface area contributed by atoms with Crippen molar-refractivity contribution >= 4 is 30.3 Å². The highest BCUT2D eigenvalue weighted by atomic mass is 32.1. The van der Waals surface area contributed by atoms with E-state index in [1.54, 1.807) is 19.1 Å². The van der Waals surface area contributed by atoms with E-state index in [2.05, 4.69) is 0 Å². The largest absolute Gasteiger partial charge is 0.341 e. The summed E-state index contributed by atoms with van der Waals surface area (Å²) >= 11 is 2.74. The first kappa shape index (κ1) is 12.0. The first-order valence-electron chi connectivity index (χ1n) is 4.60. The molecule has 3 nitrogen and oxygen atoms in total. The van der Waals surface area contributed by atoms with Gasteiger partial charge in [-0.05, 0) is 29.8 Å². The molecule has 0 saturated heterocycles. The summed E-state index contributed by atoms with van der Waals surface area (Å²) in [5.74, 6) is 0. The minimum absolute atomic E-state index is 0.697. The van der Waals surface area contributed by atoms with Crippen LogP contribution >= 0.6 is 30.3 Å².